The van der Waals surface area contributed by atoms with Gasteiger partial charge in [0.05, 0.1) is 17.6 Å². The molecule has 0 aromatic carbocycles. The summed E-state index contributed by atoms with van der Waals surface area (Å²) in [7, 11) is 0. The molecule has 0 aliphatic heterocycles. The number of nitrogens with zero attached hydrogens (tertiary/aromatic N) is 3. The topological polar surface area (TPSA) is 108 Å². The van der Waals surface area contributed by atoms with E-state index < -0.39 is 5.91 Å². The van der Waals surface area contributed by atoms with Gasteiger partial charge < -0.3 is 9.62 Å². The van der Waals surface area contributed by atoms with Crippen molar-refractivity contribution in [2.75, 3.05) is 0 Å². The van der Waals surface area contributed by atoms with Crippen LogP contribution < -0.4 is 10.3 Å². The van der Waals surface area contributed by atoms with Crippen molar-refractivity contribution in [3.05, 3.63) is 40.8 Å². The maximum absolute atomic E-state index is 11.5. The zero-order valence-electron chi connectivity index (χ0n) is 8.78. The molecule has 0 atom stereocenters. The summed E-state index contributed by atoms with van der Waals surface area (Å²) < 4.78 is 9.21. The Labute approximate surface area is 95.0 Å². The fraction of sp³-hybridized carbons (Fsp3) is 0.111. The average molecular weight is 236 g/mol. The maximum Gasteiger partial charge on any atom is 0.322 e. The van der Waals surface area contributed by atoms with Gasteiger partial charge in [-0.3, -0.25) is 9.42 Å². The van der Waals surface area contributed by atoms with Gasteiger partial charge in [-0.2, -0.15) is 5.10 Å². The average Bonchev–Trinajstić information content (AvgIpc) is 2.91. The third kappa shape index (κ3) is 2.30. The summed E-state index contributed by atoms with van der Waals surface area (Å²) in [6.45, 7) is 1.41. The number of aromatic nitrogens is 2. The van der Waals surface area contributed by atoms with Crippen LogP contribution in [-0.2, 0) is 0 Å². The number of rotatable bonds is 3. The van der Waals surface area contributed by atoms with Crippen LogP contribution in [0.3, 0.4) is 0 Å². The molecule has 2 aromatic heterocycles. The second kappa shape index (κ2) is 4.47. The number of hydrogen-bond donors (Lipinski definition) is 1. The number of carbonyl (C=O) groups excluding carboxylic acids is 1. The fourth-order valence-corrected chi connectivity index (χ4v) is 1.07. The lowest BCUT2D eigenvalue weighted by molar-refractivity contribution is -0.806. The summed E-state index contributed by atoms with van der Waals surface area (Å²) in [4.78, 5) is 11.6. The minimum Gasteiger partial charge on any atom is -0.463 e. The van der Waals surface area contributed by atoms with Crippen molar-refractivity contribution in [2.24, 2.45) is 5.10 Å². The van der Waals surface area contributed by atoms with E-state index in [-0.39, 0.29) is 16.3 Å². The summed E-state index contributed by atoms with van der Waals surface area (Å²) in [6.07, 6.45) is 2.80. The Bertz CT molecular complexity index is 543. The molecule has 1 amide bonds. The molecule has 88 valence electrons. The van der Waals surface area contributed by atoms with E-state index in [4.69, 9.17) is 4.42 Å². The van der Waals surface area contributed by atoms with Crippen LogP contribution in [0.4, 0.5) is 0 Å². The molecule has 0 spiro atoms. The first kappa shape index (κ1) is 10.9. The minimum atomic E-state index is -0.636. The molecule has 8 nitrogen and oxygen atoms in total. The monoisotopic (exact) mass is 236 g/mol. The highest BCUT2D eigenvalue weighted by Gasteiger charge is 2.22. The molecule has 2 rings (SSSR count). The molecular formula is C9H8N4O4. The van der Waals surface area contributed by atoms with E-state index in [0.29, 0.717) is 5.76 Å². The van der Waals surface area contributed by atoms with Crippen molar-refractivity contribution in [2.45, 2.75) is 6.92 Å². The van der Waals surface area contributed by atoms with Gasteiger partial charge in [-0.25, -0.2) is 5.43 Å². The molecule has 2 heterocycles. The van der Waals surface area contributed by atoms with Crippen LogP contribution in [0.15, 0.2) is 32.5 Å². The van der Waals surface area contributed by atoms with Crippen LogP contribution in [0, 0.1) is 12.1 Å². The molecule has 0 saturated carbocycles. The number of amides is 1. The van der Waals surface area contributed by atoms with Crippen molar-refractivity contribution in [3.63, 3.8) is 0 Å². The number of hydrogen-bond acceptors (Lipinski definition) is 6. The lowest BCUT2D eigenvalue weighted by Gasteiger charge is -1.91. The second-order valence-electron chi connectivity index (χ2n) is 3.08. The van der Waals surface area contributed by atoms with Gasteiger partial charge in [-0.05, 0) is 17.0 Å². The van der Waals surface area contributed by atoms with Crippen molar-refractivity contribution in [3.8, 4) is 0 Å². The molecule has 0 fully saturated rings. The van der Waals surface area contributed by atoms with Gasteiger partial charge >= 0.3 is 11.6 Å². The summed E-state index contributed by atoms with van der Waals surface area (Å²) in [6, 6.07) is 3.36. The van der Waals surface area contributed by atoms with E-state index in [9.17, 15) is 10.0 Å². The van der Waals surface area contributed by atoms with E-state index in [1.807, 2.05) is 0 Å². The van der Waals surface area contributed by atoms with E-state index >= 15 is 0 Å². The number of carbonyl (C=O) groups is 1. The third-order valence-corrected chi connectivity index (χ3v) is 1.94. The van der Waals surface area contributed by atoms with E-state index in [1.54, 1.807) is 12.1 Å². The highest BCUT2D eigenvalue weighted by molar-refractivity contribution is 5.93. The Kier molecular flexibility index (Phi) is 2.86. The van der Waals surface area contributed by atoms with Crippen LogP contribution in [-0.4, -0.2) is 17.3 Å². The normalized spacial score (nSPS) is 10.9. The van der Waals surface area contributed by atoms with Crippen LogP contribution in [0.25, 0.3) is 0 Å². The lowest BCUT2D eigenvalue weighted by atomic mass is 10.3. The summed E-state index contributed by atoms with van der Waals surface area (Å²) in [5.74, 6) is -0.148. The fourth-order valence-electron chi connectivity index (χ4n) is 1.07. The van der Waals surface area contributed by atoms with Crippen molar-refractivity contribution in [1.29, 1.82) is 0 Å². The first-order valence-corrected chi connectivity index (χ1v) is 4.61. The predicted octanol–water partition coefficient (Wildman–Crippen LogP) is -0.0267. The van der Waals surface area contributed by atoms with Crippen LogP contribution in [0.5, 0.6) is 0 Å². The highest BCUT2D eigenvalue weighted by Crippen LogP contribution is 1.98. The van der Waals surface area contributed by atoms with Gasteiger partial charge in [-0.1, -0.05) is 0 Å². The molecule has 0 radical (unpaired) electrons. The van der Waals surface area contributed by atoms with E-state index in [0.717, 1.165) is 0 Å². The standard InChI is InChI=1S/C9H8N4O4/c1-6-8(12-17-13(6)15)9(14)11-10-5-7-3-2-4-16-7/h2-5H,1H3,(H,11,14)/b10-5+. The van der Waals surface area contributed by atoms with Gasteiger partial charge in [0.25, 0.3) is 0 Å². The Hall–Kier alpha value is -2.64. The molecule has 17 heavy (non-hydrogen) atoms. The predicted molar refractivity (Wildman–Crippen MR) is 54.0 cm³/mol. The summed E-state index contributed by atoms with van der Waals surface area (Å²) in [5, 5.41) is 17.8. The number of nitrogens with one attached hydrogen (secondary N) is 1. The zero-order valence-corrected chi connectivity index (χ0v) is 8.78. The summed E-state index contributed by atoms with van der Waals surface area (Å²) >= 11 is 0. The smallest absolute Gasteiger partial charge is 0.322 e. The zero-order chi connectivity index (χ0) is 12.3. The van der Waals surface area contributed by atoms with Gasteiger partial charge in [0.2, 0.25) is 5.69 Å². The molecule has 8 heteroatoms. The number of furan rings is 1. The van der Waals surface area contributed by atoms with Gasteiger partial charge in [0, 0.05) is 6.92 Å². The summed E-state index contributed by atoms with van der Waals surface area (Å²) in [5.41, 5.74) is 2.14. The lowest BCUT2D eigenvalue weighted by Crippen LogP contribution is -2.28. The van der Waals surface area contributed by atoms with Crippen LogP contribution in [0.2, 0.25) is 0 Å². The van der Waals surface area contributed by atoms with Crippen molar-refractivity contribution in [1.82, 2.24) is 10.6 Å². The Morgan fingerprint density at radius 2 is 2.53 bits per heavy atom. The molecule has 0 aliphatic carbocycles. The molecule has 0 aliphatic rings. The molecular weight excluding hydrogens is 228 g/mol. The maximum atomic E-state index is 11.5. The SMILES string of the molecule is Cc1c(C(=O)N/N=C/c2ccco2)no[n+]1[O-]. The van der Waals surface area contributed by atoms with Gasteiger partial charge in [0.15, 0.2) is 0 Å². The highest BCUT2D eigenvalue weighted by atomic mass is 16.8. The molecule has 0 bridgehead atoms. The second-order valence-corrected chi connectivity index (χ2v) is 3.08. The van der Waals surface area contributed by atoms with Crippen LogP contribution >= 0.6 is 0 Å². The van der Waals surface area contributed by atoms with Crippen molar-refractivity contribution >= 4 is 12.1 Å². The third-order valence-electron chi connectivity index (χ3n) is 1.94. The van der Waals surface area contributed by atoms with Gasteiger partial charge in [0.1, 0.15) is 5.76 Å². The first-order valence-electron chi connectivity index (χ1n) is 4.61. The van der Waals surface area contributed by atoms with Gasteiger partial charge in [-0.15, -0.1) is 0 Å². The Balaban J connectivity index is 2.01. The molecule has 1 N–H and O–H groups in total. The molecule has 0 unspecified atom stereocenters. The van der Waals surface area contributed by atoms with E-state index in [2.05, 4.69) is 20.3 Å². The molecule has 0 saturated heterocycles. The largest absolute Gasteiger partial charge is 0.463 e. The first-order chi connectivity index (χ1) is 8.18. The van der Waals surface area contributed by atoms with Crippen molar-refractivity contribution < 1.29 is 18.7 Å². The Morgan fingerprint density at radius 1 is 1.71 bits per heavy atom. The van der Waals surface area contributed by atoms with E-state index in [1.165, 1.54) is 19.4 Å². The number of hydrazone groups is 1. The minimum absolute atomic E-state index is 0.0655. The van der Waals surface area contributed by atoms with Crippen LogP contribution in [0.1, 0.15) is 21.9 Å². The molecule has 2 aromatic rings. The Morgan fingerprint density at radius 3 is 3.12 bits per heavy atom. The quantitative estimate of drug-likeness (QED) is 0.457.